The topological polar surface area (TPSA) is 62.8 Å². The molecule has 0 bridgehead atoms. The molecule has 0 radical (unpaired) electrons. The van der Waals surface area contributed by atoms with Gasteiger partial charge in [-0.3, -0.25) is 14.6 Å². The highest BCUT2D eigenvalue weighted by Crippen LogP contribution is 2.31. The molecule has 1 aliphatic carbocycles. The molecule has 2 heterocycles. The Morgan fingerprint density at radius 2 is 1.93 bits per heavy atom. The van der Waals surface area contributed by atoms with E-state index in [0.717, 1.165) is 0 Å². The SMILES string of the molecule is O=C1c2cccnc2-c2[nH]c(=O)ccc21. The van der Waals surface area contributed by atoms with Crippen molar-refractivity contribution in [1.29, 1.82) is 0 Å². The number of fused-ring (bicyclic) bond motifs is 3. The average molecular weight is 198 g/mol. The molecule has 2 aromatic heterocycles. The average Bonchev–Trinajstić information content (AvgIpc) is 2.54. The fraction of sp³-hybridized carbons (Fsp3) is 0. The number of H-pyrrole nitrogens is 1. The number of ketones is 1. The van der Waals surface area contributed by atoms with E-state index >= 15 is 0 Å². The van der Waals surface area contributed by atoms with Gasteiger partial charge in [0.05, 0.1) is 17.0 Å². The molecule has 4 heteroatoms. The first-order chi connectivity index (χ1) is 7.27. The molecule has 0 atom stereocenters. The van der Waals surface area contributed by atoms with Crippen molar-refractivity contribution in [3.8, 4) is 11.4 Å². The summed E-state index contributed by atoms with van der Waals surface area (Å²) in [6, 6.07) is 6.31. The molecule has 2 aromatic rings. The summed E-state index contributed by atoms with van der Waals surface area (Å²) >= 11 is 0. The van der Waals surface area contributed by atoms with Gasteiger partial charge in [-0.15, -0.1) is 0 Å². The van der Waals surface area contributed by atoms with Gasteiger partial charge in [0.2, 0.25) is 5.56 Å². The van der Waals surface area contributed by atoms with E-state index in [0.29, 0.717) is 22.5 Å². The molecule has 3 rings (SSSR count). The van der Waals surface area contributed by atoms with Crippen LogP contribution in [0, 0.1) is 0 Å². The Morgan fingerprint density at radius 1 is 1.07 bits per heavy atom. The molecule has 0 unspecified atom stereocenters. The number of nitrogens with one attached hydrogen (secondary N) is 1. The highest BCUT2D eigenvalue weighted by atomic mass is 16.1. The van der Waals surface area contributed by atoms with Crippen LogP contribution in [0.4, 0.5) is 0 Å². The van der Waals surface area contributed by atoms with E-state index in [9.17, 15) is 9.59 Å². The van der Waals surface area contributed by atoms with Crippen molar-refractivity contribution >= 4 is 5.78 Å². The van der Waals surface area contributed by atoms with Gasteiger partial charge in [-0.2, -0.15) is 0 Å². The van der Waals surface area contributed by atoms with E-state index in [2.05, 4.69) is 9.97 Å². The number of aromatic nitrogens is 2. The van der Waals surface area contributed by atoms with E-state index in [1.54, 1.807) is 18.3 Å². The normalized spacial score (nSPS) is 12.4. The van der Waals surface area contributed by atoms with Crippen LogP contribution in [0.5, 0.6) is 0 Å². The predicted molar refractivity (Wildman–Crippen MR) is 53.7 cm³/mol. The summed E-state index contributed by atoms with van der Waals surface area (Å²) in [5.41, 5.74) is 1.94. The lowest BCUT2D eigenvalue weighted by molar-refractivity contribution is 0.104. The Balaban J connectivity index is 2.44. The maximum absolute atomic E-state index is 11.8. The molecule has 0 spiro atoms. The summed E-state index contributed by atoms with van der Waals surface area (Å²) in [5, 5.41) is 0. The van der Waals surface area contributed by atoms with Crippen LogP contribution in [-0.2, 0) is 0 Å². The zero-order valence-electron chi connectivity index (χ0n) is 7.65. The lowest BCUT2D eigenvalue weighted by Crippen LogP contribution is -2.06. The molecule has 1 N–H and O–H groups in total. The van der Waals surface area contributed by atoms with Gasteiger partial charge in [0.1, 0.15) is 0 Å². The van der Waals surface area contributed by atoms with Crippen LogP contribution in [-0.4, -0.2) is 15.8 Å². The van der Waals surface area contributed by atoms with Crippen molar-refractivity contribution < 1.29 is 4.79 Å². The molecule has 0 saturated carbocycles. The van der Waals surface area contributed by atoms with Gasteiger partial charge in [-0.1, -0.05) is 0 Å². The van der Waals surface area contributed by atoms with E-state index in [1.807, 2.05) is 0 Å². The lowest BCUT2D eigenvalue weighted by atomic mass is 10.1. The largest absolute Gasteiger partial charge is 0.320 e. The lowest BCUT2D eigenvalue weighted by Gasteiger charge is -1.95. The molecule has 4 nitrogen and oxygen atoms in total. The minimum Gasteiger partial charge on any atom is -0.320 e. The van der Waals surface area contributed by atoms with Gasteiger partial charge < -0.3 is 4.98 Å². The van der Waals surface area contributed by atoms with Crippen molar-refractivity contribution in [2.45, 2.75) is 0 Å². The summed E-state index contributed by atoms with van der Waals surface area (Å²) < 4.78 is 0. The van der Waals surface area contributed by atoms with Crippen LogP contribution < -0.4 is 5.56 Å². The first-order valence-electron chi connectivity index (χ1n) is 4.51. The predicted octanol–water partition coefficient (Wildman–Crippen LogP) is 0.981. The fourth-order valence-electron chi connectivity index (χ4n) is 1.78. The molecule has 0 aliphatic heterocycles. The first kappa shape index (κ1) is 8.11. The minimum absolute atomic E-state index is 0.0793. The number of rotatable bonds is 0. The second-order valence-electron chi connectivity index (χ2n) is 3.34. The number of hydrogen-bond acceptors (Lipinski definition) is 3. The Labute approximate surface area is 84.6 Å². The van der Waals surface area contributed by atoms with Crippen molar-refractivity contribution in [3.63, 3.8) is 0 Å². The van der Waals surface area contributed by atoms with Gasteiger partial charge in [-0.25, -0.2) is 0 Å². The highest BCUT2D eigenvalue weighted by molar-refractivity contribution is 6.20. The maximum Gasteiger partial charge on any atom is 0.248 e. The minimum atomic E-state index is -0.222. The summed E-state index contributed by atoms with van der Waals surface area (Å²) in [6.07, 6.45) is 1.60. The van der Waals surface area contributed by atoms with Crippen molar-refractivity contribution in [2.24, 2.45) is 0 Å². The number of carbonyl (C=O) groups is 1. The number of pyridine rings is 2. The zero-order chi connectivity index (χ0) is 10.4. The third kappa shape index (κ3) is 0.985. The number of carbonyl (C=O) groups excluding carboxylic acids is 1. The molecular weight excluding hydrogens is 192 g/mol. The van der Waals surface area contributed by atoms with Crippen LogP contribution in [0.25, 0.3) is 11.4 Å². The van der Waals surface area contributed by atoms with Gasteiger partial charge >= 0.3 is 0 Å². The molecule has 1 aliphatic rings. The second-order valence-corrected chi connectivity index (χ2v) is 3.34. The maximum atomic E-state index is 11.8. The van der Waals surface area contributed by atoms with Crippen molar-refractivity contribution in [2.75, 3.05) is 0 Å². The molecule has 0 amide bonds. The third-order valence-corrected chi connectivity index (χ3v) is 2.45. The van der Waals surface area contributed by atoms with Gasteiger partial charge in [0, 0.05) is 17.8 Å². The quantitative estimate of drug-likeness (QED) is 0.585. The Hall–Kier alpha value is -2.23. The first-order valence-corrected chi connectivity index (χ1v) is 4.51. The van der Waals surface area contributed by atoms with Crippen LogP contribution >= 0.6 is 0 Å². The van der Waals surface area contributed by atoms with Crippen LogP contribution in [0.3, 0.4) is 0 Å². The van der Waals surface area contributed by atoms with E-state index in [4.69, 9.17) is 0 Å². The van der Waals surface area contributed by atoms with Crippen molar-refractivity contribution in [1.82, 2.24) is 9.97 Å². The van der Waals surface area contributed by atoms with E-state index in [1.165, 1.54) is 12.1 Å². The molecular formula is C11H6N2O2. The molecule has 0 saturated heterocycles. The number of hydrogen-bond donors (Lipinski definition) is 1. The molecule has 72 valence electrons. The Kier molecular flexibility index (Phi) is 1.42. The molecule has 0 fully saturated rings. The monoisotopic (exact) mass is 198 g/mol. The Morgan fingerprint density at radius 3 is 2.80 bits per heavy atom. The second kappa shape index (κ2) is 2.63. The standard InChI is InChI=1S/C11H6N2O2/c14-8-4-3-7-10(13-8)9-6(11(7)15)2-1-5-12-9/h1-5H,(H,13,14). The van der Waals surface area contributed by atoms with Crippen LogP contribution in [0.15, 0.2) is 35.3 Å². The van der Waals surface area contributed by atoms with E-state index < -0.39 is 0 Å². The summed E-state index contributed by atoms with van der Waals surface area (Å²) in [4.78, 5) is 29.7. The Bertz CT molecular complexity index is 628. The number of aromatic amines is 1. The van der Waals surface area contributed by atoms with E-state index in [-0.39, 0.29) is 11.3 Å². The summed E-state index contributed by atoms with van der Waals surface area (Å²) in [6.45, 7) is 0. The molecule has 15 heavy (non-hydrogen) atoms. The summed E-state index contributed by atoms with van der Waals surface area (Å²) in [7, 11) is 0. The van der Waals surface area contributed by atoms with Gasteiger partial charge in [-0.05, 0) is 18.2 Å². The van der Waals surface area contributed by atoms with Crippen LogP contribution in [0.2, 0.25) is 0 Å². The molecule has 0 aromatic carbocycles. The highest BCUT2D eigenvalue weighted by Gasteiger charge is 2.27. The third-order valence-electron chi connectivity index (χ3n) is 2.45. The van der Waals surface area contributed by atoms with Gasteiger partial charge in [0.25, 0.3) is 0 Å². The van der Waals surface area contributed by atoms with Crippen molar-refractivity contribution in [3.05, 3.63) is 51.9 Å². The van der Waals surface area contributed by atoms with Crippen LogP contribution in [0.1, 0.15) is 15.9 Å². The van der Waals surface area contributed by atoms with Gasteiger partial charge in [0.15, 0.2) is 5.78 Å². The summed E-state index contributed by atoms with van der Waals surface area (Å²) in [5.74, 6) is -0.0793. The zero-order valence-corrected chi connectivity index (χ0v) is 7.65. The fourth-order valence-corrected chi connectivity index (χ4v) is 1.78. The smallest absolute Gasteiger partial charge is 0.248 e. The number of nitrogens with zero attached hydrogens (tertiary/aromatic N) is 1.